The molecule has 2 heterocycles. The van der Waals surface area contributed by atoms with Crippen molar-refractivity contribution in [3.05, 3.63) is 66.0 Å². The van der Waals surface area contributed by atoms with E-state index in [0.29, 0.717) is 0 Å². The molecule has 4 heteroatoms. The summed E-state index contributed by atoms with van der Waals surface area (Å²) in [6, 6.07) is 18.8. The summed E-state index contributed by atoms with van der Waals surface area (Å²) in [6.07, 6.45) is 0. The number of nitrogens with zero attached hydrogens (tertiary/aromatic N) is 3. The van der Waals surface area contributed by atoms with Crippen LogP contribution in [0.1, 0.15) is 38.2 Å². The number of hydrogen-bond acceptors (Lipinski definition) is 3. The summed E-state index contributed by atoms with van der Waals surface area (Å²) in [7, 11) is 0. The van der Waals surface area contributed by atoms with Crippen molar-refractivity contribution in [1.82, 2.24) is 14.9 Å². The minimum Gasteiger partial charge on any atom is -0.297 e. The third-order valence-electron chi connectivity index (χ3n) is 4.16. The van der Waals surface area contributed by atoms with Crippen LogP contribution in [0, 0.1) is 0 Å². The molecule has 0 spiro atoms. The average molecular weight is 318 g/mol. The van der Waals surface area contributed by atoms with Crippen molar-refractivity contribution in [2.45, 2.75) is 38.9 Å². The summed E-state index contributed by atoms with van der Waals surface area (Å²) in [5, 5.41) is 3.61. The molecule has 2 aromatic carbocycles. The van der Waals surface area contributed by atoms with E-state index in [-0.39, 0.29) is 11.6 Å². The zero-order valence-electron chi connectivity index (χ0n) is 14.3. The van der Waals surface area contributed by atoms with E-state index in [1.54, 1.807) is 0 Å². The Kier molecular flexibility index (Phi) is 3.50. The van der Waals surface area contributed by atoms with Crippen LogP contribution in [-0.4, -0.2) is 20.9 Å². The molecule has 0 fully saturated rings. The monoisotopic (exact) mass is 318 g/mol. The van der Waals surface area contributed by atoms with Gasteiger partial charge < -0.3 is 0 Å². The zero-order chi connectivity index (χ0) is 16.7. The summed E-state index contributed by atoms with van der Waals surface area (Å²) in [5.74, 6) is 2.04. The summed E-state index contributed by atoms with van der Waals surface area (Å²) in [4.78, 5) is 9.85. The fourth-order valence-corrected chi connectivity index (χ4v) is 3.23. The Labute approximate surface area is 142 Å². The Morgan fingerprint density at radius 3 is 2.50 bits per heavy atom. The van der Waals surface area contributed by atoms with Crippen LogP contribution in [0.25, 0.3) is 11.0 Å². The Hall–Kier alpha value is -2.46. The summed E-state index contributed by atoms with van der Waals surface area (Å²) in [6.45, 7) is 7.14. The van der Waals surface area contributed by atoms with Gasteiger partial charge in [-0.2, -0.15) is 0 Å². The van der Waals surface area contributed by atoms with E-state index in [0.717, 1.165) is 29.2 Å². The van der Waals surface area contributed by atoms with E-state index < -0.39 is 0 Å². The SMILES string of the molecule is CC(C)(C)N=C1C(c2ccccc2)NCc2nc3ccccc3n21. The van der Waals surface area contributed by atoms with Crippen LogP contribution in [-0.2, 0) is 6.54 Å². The second-order valence-corrected chi connectivity index (χ2v) is 7.22. The highest BCUT2D eigenvalue weighted by molar-refractivity contribution is 5.99. The molecule has 1 atom stereocenters. The lowest BCUT2D eigenvalue weighted by atomic mass is 10.0. The van der Waals surface area contributed by atoms with Gasteiger partial charge in [0.15, 0.2) is 0 Å². The van der Waals surface area contributed by atoms with E-state index in [1.807, 2.05) is 12.1 Å². The van der Waals surface area contributed by atoms with Gasteiger partial charge >= 0.3 is 0 Å². The molecule has 122 valence electrons. The lowest BCUT2D eigenvalue weighted by molar-refractivity contribution is 0.536. The van der Waals surface area contributed by atoms with Crippen molar-refractivity contribution < 1.29 is 0 Å². The van der Waals surface area contributed by atoms with Crippen molar-refractivity contribution in [2.75, 3.05) is 0 Å². The number of rotatable bonds is 1. The first-order valence-corrected chi connectivity index (χ1v) is 8.38. The third kappa shape index (κ3) is 2.63. The summed E-state index contributed by atoms with van der Waals surface area (Å²) in [5.41, 5.74) is 3.20. The fourth-order valence-electron chi connectivity index (χ4n) is 3.23. The maximum Gasteiger partial charge on any atom is 0.132 e. The molecule has 0 aliphatic carbocycles. The second-order valence-electron chi connectivity index (χ2n) is 7.22. The van der Waals surface area contributed by atoms with E-state index in [2.05, 4.69) is 73.1 Å². The van der Waals surface area contributed by atoms with Crippen LogP contribution in [0.4, 0.5) is 0 Å². The molecule has 4 nitrogen and oxygen atoms in total. The smallest absolute Gasteiger partial charge is 0.132 e. The van der Waals surface area contributed by atoms with Gasteiger partial charge in [-0.3, -0.25) is 14.9 Å². The lowest BCUT2D eigenvalue weighted by Crippen LogP contribution is -2.40. The first-order chi connectivity index (χ1) is 11.5. The molecule has 1 unspecified atom stereocenters. The standard InChI is InChI=1S/C20H22N4/c1-20(2,3)23-19-18(14-9-5-4-6-10-14)21-13-17-22-15-11-7-8-12-16(15)24(17)19/h4-12,18,21H,13H2,1-3H3. The molecular formula is C20H22N4. The van der Waals surface area contributed by atoms with Gasteiger partial charge in [-0.1, -0.05) is 42.5 Å². The van der Waals surface area contributed by atoms with Crippen LogP contribution in [0.3, 0.4) is 0 Å². The predicted molar refractivity (Wildman–Crippen MR) is 98.3 cm³/mol. The van der Waals surface area contributed by atoms with Crippen molar-refractivity contribution in [2.24, 2.45) is 4.99 Å². The average Bonchev–Trinajstić information content (AvgIpc) is 2.93. The van der Waals surface area contributed by atoms with Crippen LogP contribution >= 0.6 is 0 Å². The molecule has 1 aliphatic rings. The molecule has 24 heavy (non-hydrogen) atoms. The second kappa shape index (κ2) is 5.56. The van der Waals surface area contributed by atoms with Crippen molar-refractivity contribution in [1.29, 1.82) is 0 Å². The van der Waals surface area contributed by atoms with Gasteiger partial charge in [0.1, 0.15) is 11.7 Å². The number of benzene rings is 2. The van der Waals surface area contributed by atoms with E-state index in [9.17, 15) is 0 Å². The highest BCUT2D eigenvalue weighted by atomic mass is 15.2. The van der Waals surface area contributed by atoms with Crippen molar-refractivity contribution >= 4 is 16.9 Å². The maximum atomic E-state index is 5.07. The topological polar surface area (TPSA) is 42.2 Å². The molecule has 0 saturated carbocycles. The van der Waals surface area contributed by atoms with Crippen molar-refractivity contribution in [3.8, 4) is 0 Å². The minimum absolute atomic E-state index is 0.0653. The van der Waals surface area contributed by atoms with Gasteiger partial charge in [-0.05, 0) is 38.5 Å². The Balaban J connectivity index is 1.95. The number of hydrogen-bond donors (Lipinski definition) is 1. The van der Waals surface area contributed by atoms with Gasteiger partial charge in [0, 0.05) is 0 Å². The number of imidazole rings is 1. The summed E-state index contributed by atoms with van der Waals surface area (Å²) >= 11 is 0. The molecule has 0 saturated heterocycles. The molecule has 1 aliphatic heterocycles. The highest BCUT2D eigenvalue weighted by Gasteiger charge is 2.30. The number of fused-ring (bicyclic) bond motifs is 3. The summed E-state index contributed by atoms with van der Waals surface area (Å²) < 4.78 is 2.23. The largest absolute Gasteiger partial charge is 0.297 e. The molecule has 1 aromatic heterocycles. The molecule has 3 aromatic rings. The van der Waals surface area contributed by atoms with Crippen LogP contribution in [0.5, 0.6) is 0 Å². The fraction of sp³-hybridized carbons (Fsp3) is 0.300. The molecule has 0 radical (unpaired) electrons. The van der Waals surface area contributed by atoms with E-state index in [1.165, 1.54) is 5.56 Å². The molecule has 4 rings (SSSR count). The first-order valence-electron chi connectivity index (χ1n) is 8.38. The van der Waals surface area contributed by atoms with Crippen molar-refractivity contribution in [3.63, 3.8) is 0 Å². The number of aliphatic imine (C=N–C) groups is 1. The predicted octanol–water partition coefficient (Wildman–Crippen LogP) is 3.93. The third-order valence-corrected chi connectivity index (χ3v) is 4.16. The molecule has 1 N–H and O–H groups in total. The Morgan fingerprint density at radius 1 is 1.04 bits per heavy atom. The normalized spacial score (nSPS) is 19.6. The van der Waals surface area contributed by atoms with Crippen LogP contribution < -0.4 is 5.32 Å². The number of para-hydroxylation sites is 2. The maximum absolute atomic E-state index is 5.07. The van der Waals surface area contributed by atoms with Crippen LogP contribution in [0.2, 0.25) is 0 Å². The van der Waals surface area contributed by atoms with Crippen LogP contribution in [0.15, 0.2) is 59.6 Å². The van der Waals surface area contributed by atoms with Gasteiger partial charge in [-0.25, -0.2) is 4.98 Å². The number of nitrogens with one attached hydrogen (secondary N) is 1. The van der Waals surface area contributed by atoms with E-state index in [4.69, 9.17) is 9.98 Å². The van der Waals surface area contributed by atoms with E-state index >= 15 is 0 Å². The minimum atomic E-state index is -0.163. The Bertz CT molecular complexity index is 900. The highest BCUT2D eigenvalue weighted by Crippen LogP contribution is 2.28. The lowest BCUT2D eigenvalue weighted by Gasteiger charge is -2.30. The Morgan fingerprint density at radius 2 is 1.75 bits per heavy atom. The molecular weight excluding hydrogens is 296 g/mol. The van der Waals surface area contributed by atoms with Gasteiger partial charge in [0.05, 0.1) is 29.2 Å². The van der Waals surface area contributed by atoms with Gasteiger partial charge in [0.2, 0.25) is 0 Å². The zero-order valence-corrected chi connectivity index (χ0v) is 14.3. The first kappa shape index (κ1) is 15.1. The molecule has 0 amide bonds. The number of aromatic nitrogens is 2. The quantitative estimate of drug-likeness (QED) is 0.739. The van der Waals surface area contributed by atoms with Gasteiger partial charge in [-0.15, -0.1) is 0 Å². The van der Waals surface area contributed by atoms with Gasteiger partial charge in [0.25, 0.3) is 0 Å². The molecule has 0 bridgehead atoms.